The van der Waals surface area contributed by atoms with Crippen LogP contribution in [0.25, 0.3) is 0 Å². The number of carbonyl (C=O) groups is 1. The van der Waals surface area contributed by atoms with Gasteiger partial charge in [0.1, 0.15) is 0 Å². The van der Waals surface area contributed by atoms with E-state index in [0.29, 0.717) is 18.9 Å². The maximum Gasteiger partial charge on any atom is 0.221 e. The van der Waals surface area contributed by atoms with Crippen LogP contribution in [-0.2, 0) is 17.1 Å². The summed E-state index contributed by atoms with van der Waals surface area (Å²) in [6, 6.07) is 10.3. The van der Waals surface area contributed by atoms with E-state index in [1.165, 1.54) is 10.4 Å². The van der Waals surface area contributed by atoms with Crippen LogP contribution < -0.4 is 5.32 Å². The Balaban J connectivity index is 1.67. The Morgan fingerprint density at radius 1 is 1.30 bits per heavy atom. The molecule has 1 N–H and O–H groups in total. The summed E-state index contributed by atoms with van der Waals surface area (Å²) in [4.78, 5) is 17.7. The summed E-state index contributed by atoms with van der Waals surface area (Å²) in [5.74, 6) is 2.36. The number of aromatic nitrogens is 1. The number of thioether (sulfide) groups is 1. The molecule has 0 aliphatic carbocycles. The van der Waals surface area contributed by atoms with E-state index >= 15 is 0 Å². The standard InChI is InChI=1S/C18H24N2OS2/c1-13(2)18-20-14(3)16(23-18)11-19-17(21)9-10-22-12-15-7-5-4-6-8-15/h4-8,13H,9-12H2,1-3H3,(H,19,21). The molecule has 3 nitrogen and oxygen atoms in total. The van der Waals surface area contributed by atoms with Gasteiger partial charge in [-0.1, -0.05) is 44.2 Å². The van der Waals surface area contributed by atoms with Gasteiger partial charge in [-0.15, -0.1) is 11.3 Å². The number of carbonyl (C=O) groups excluding carboxylic acids is 1. The van der Waals surface area contributed by atoms with Crippen molar-refractivity contribution in [1.82, 2.24) is 10.3 Å². The number of thiazole rings is 1. The maximum absolute atomic E-state index is 11.9. The number of amides is 1. The predicted octanol–water partition coefficient (Wildman–Crippen LogP) is 4.51. The first-order valence-corrected chi connectivity index (χ1v) is 9.88. The molecular formula is C18H24N2OS2. The van der Waals surface area contributed by atoms with E-state index in [2.05, 4.69) is 36.3 Å². The Hall–Kier alpha value is -1.33. The second kappa shape index (κ2) is 9.08. The number of benzene rings is 1. The van der Waals surface area contributed by atoms with Crippen molar-refractivity contribution in [3.63, 3.8) is 0 Å². The highest BCUT2D eigenvalue weighted by Crippen LogP contribution is 2.24. The molecule has 0 fully saturated rings. The van der Waals surface area contributed by atoms with E-state index in [1.807, 2.05) is 25.1 Å². The first kappa shape index (κ1) is 18.0. The van der Waals surface area contributed by atoms with Crippen LogP contribution in [0.5, 0.6) is 0 Å². The smallest absolute Gasteiger partial charge is 0.221 e. The van der Waals surface area contributed by atoms with E-state index in [9.17, 15) is 4.79 Å². The van der Waals surface area contributed by atoms with E-state index in [-0.39, 0.29) is 5.91 Å². The fourth-order valence-corrected chi connectivity index (χ4v) is 3.97. The van der Waals surface area contributed by atoms with Gasteiger partial charge in [-0.05, 0) is 12.5 Å². The van der Waals surface area contributed by atoms with Crippen molar-refractivity contribution in [2.75, 3.05) is 5.75 Å². The van der Waals surface area contributed by atoms with Gasteiger partial charge in [0.25, 0.3) is 0 Å². The third kappa shape index (κ3) is 5.99. The van der Waals surface area contributed by atoms with E-state index in [4.69, 9.17) is 0 Å². The second-order valence-electron chi connectivity index (χ2n) is 5.78. The Kier molecular flexibility index (Phi) is 7.12. The van der Waals surface area contributed by atoms with Gasteiger partial charge in [0.05, 0.1) is 17.2 Å². The van der Waals surface area contributed by atoms with E-state index in [0.717, 1.165) is 22.2 Å². The molecule has 0 spiro atoms. The number of hydrogen-bond acceptors (Lipinski definition) is 4. The molecule has 0 atom stereocenters. The summed E-state index contributed by atoms with van der Waals surface area (Å²) in [6.07, 6.45) is 0.562. The van der Waals surface area contributed by atoms with Crippen molar-refractivity contribution in [2.45, 2.75) is 45.4 Å². The normalized spacial score (nSPS) is 11.0. The molecule has 0 bridgehead atoms. The molecule has 0 radical (unpaired) electrons. The third-order valence-electron chi connectivity index (χ3n) is 3.43. The zero-order valence-electron chi connectivity index (χ0n) is 14.0. The molecule has 0 aliphatic heterocycles. The molecule has 0 saturated carbocycles. The first-order chi connectivity index (χ1) is 11.1. The van der Waals surface area contributed by atoms with Crippen LogP contribution in [0.15, 0.2) is 30.3 Å². The first-order valence-electron chi connectivity index (χ1n) is 7.91. The van der Waals surface area contributed by atoms with Crippen LogP contribution in [0.2, 0.25) is 0 Å². The molecule has 124 valence electrons. The minimum atomic E-state index is 0.115. The molecular weight excluding hydrogens is 324 g/mol. The summed E-state index contributed by atoms with van der Waals surface area (Å²) >= 11 is 3.50. The number of aryl methyl sites for hydroxylation is 1. The van der Waals surface area contributed by atoms with Crippen LogP contribution in [0.3, 0.4) is 0 Å². The Morgan fingerprint density at radius 2 is 2.04 bits per heavy atom. The zero-order chi connectivity index (χ0) is 16.7. The lowest BCUT2D eigenvalue weighted by Crippen LogP contribution is -2.22. The lowest BCUT2D eigenvalue weighted by atomic mass is 10.2. The van der Waals surface area contributed by atoms with Crippen molar-refractivity contribution >= 4 is 29.0 Å². The van der Waals surface area contributed by atoms with Crippen LogP contribution in [0.4, 0.5) is 0 Å². The Morgan fingerprint density at radius 3 is 2.70 bits per heavy atom. The molecule has 0 saturated heterocycles. The molecule has 1 aromatic heterocycles. The Bertz CT molecular complexity index is 623. The number of nitrogens with one attached hydrogen (secondary N) is 1. The molecule has 1 amide bonds. The van der Waals surface area contributed by atoms with Crippen molar-refractivity contribution in [3.05, 3.63) is 51.5 Å². The van der Waals surface area contributed by atoms with Crippen LogP contribution in [0, 0.1) is 6.92 Å². The summed E-state index contributed by atoms with van der Waals surface area (Å²) in [5.41, 5.74) is 2.34. The van der Waals surface area contributed by atoms with Crippen molar-refractivity contribution < 1.29 is 4.79 Å². The predicted molar refractivity (Wildman–Crippen MR) is 100 cm³/mol. The molecule has 1 aromatic carbocycles. The van der Waals surface area contributed by atoms with Crippen molar-refractivity contribution in [2.24, 2.45) is 0 Å². The third-order valence-corrected chi connectivity index (χ3v) is 5.92. The lowest BCUT2D eigenvalue weighted by Gasteiger charge is -2.04. The average molecular weight is 349 g/mol. The molecule has 0 unspecified atom stereocenters. The van der Waals surface area contributed by atoms with Crippen LogP contribution >= 0.6 is 23.1 Å². The SMILES string of the molecule is Cc1nc(C(C)C)sc1CNC(=O)CCSCc1ccccc1. The highest BCUT2D eigenvalue weighted by molar-refractivity contribution is 7.98. The minimum Gasteiger partial charge on any atom is -0.351 e. The molecule has 2 aromatic rings. The average Bonchev–Trinajstić information content (AvgIpc) is 2.92. The highest BCUT2D eigenvalue weighted by atomic mass is 32.2. The summed E-state index contributed by atoms with van der Waals surface area (Å²) in [5, 5.41) is 4.15. The molecule has 0 aliphatic rings. The van der Waals surface area contributed by atoms with Gasteiger partial charge in [0, 0.05) is 28.7 Å². The monoisotopic (exact) mass is 348 g/mol. The molecule has 23 heavy (non-hydrogen) atoms. The fourth-order valence-electron chi connectivity index (χ4n) is 2.06. The van der Waals surface area contributed by atoms with Gasteiger partial charge in [0.15, 0.2) is 0 Å². The topological polar surface area (TPSA) is 42.0 Å². The van der Waals surface area contributed by atoms with Gasteiger partial charge in [0.2, 0.25) is 5.91 Å². The molecule has 2 rings (SSSR count). The summed E-state index contributed by atoms with van der Waals surface area (Å²) < 4.78 is 0. The van der Waals surface area contributed by atoms with E-state index < -0.39 is 0 Å². The molecule has 1 heterocycles. The number of rotatable bonds is 8. The molecule has 5 heteroatoms. The minimum absolute atomic E-state index is 0.115. The van der Waals surface area contributed by atoms with E-state index in [1.54, 1.807) is 23.1 Å². The van der Waals surface area contributed by atoms with Gasteiger partial charge < -0.3 is 5.32 Å². The summed E-state index contributed by atoms with van der Waals surface area (Å²) in [6.45, 7) is 6.90. The van der Waals surface area contributed by atoms with Crippen LogP contribution in [0.1, 0.15) is 47.3 Å². The van der Waals surface area contributed by atoms with Gasteiger partial charge in [-0.2, -0.15) is 11.8 Å². The fraction of sp³-hybridized carbons (Fsp3) is 0.444. The zero-order valence-corrected chi connectivity index (χ0v) is 15.6. The Labute approximate surface area is 146 Å². The van der Waals surface area contributed by atoms with Crippen molar-refractivity contribution in [1.29, 1.82) is 0 Å². The van der Waals surface area contributed by atoms with Gasteiger partial charge in [-0.3, -0.25) is 4.79 Å². The van der Waals surface area contributed by atoms with Gasteiger partial charge >= 0.3 is 0 Å². The number of nitrogens with zero attached hydrogens (tertiary/aromatic N) is 1. The van der Waals surface area contributed by atoms with Gasteiger partial charge in [-0.25, -0.2) is 4.98 Å². The van der Waals surface area contributed by atoms with Crippen molar-refractivity contribution in [3.8, 4) is 0 Å². The summed E-state index contributed by atoms with van der Waals surface area (Å²) in [7, 11) is 0. The quantitative estimate of drug-likeness (QED) is 0.714. The lowest BCUT2D eigenvalue weighted by molar-refractivity contribution is -0.120. The van der Waals surface area contributed by atoms with Crippen LogP contribution in [-0.4, -0.2) is 16.6 Å². The highest BCUT2D eigenvalue weighted by Gasteiger charge is 2.11. The maximum atomic E-state index is 11.9. The largest absolute Gasteiger partial charge is 0.351 e. The number of hydrogen-bond donors (Lipinski definition) is 1. The second-order valence-corrected chi connectivity index (χ2v) is 8.00.